The molecule has 0 aliphatic heterocycles. The summed E-state index contributed by atoms with van der Waals surface area (Å²) in [6.45, 7) is 5.15. The maximum atomic E-state index is 11.1. The monoisotopic (exact) mass is 251 g/mol. The molecular weight excluding hydrogens is 236 g/mol. The van der Waals surface area contributed by atoms with Crippen LogP contribution in [0.15, 0.2) is 24.3 Å². The molecular formula is C13H15O3S-. The number of carbonyl (C=O) groups is 2. The normalized spacial score (nSPS) is 11.0. The maximum absolute atomic E-state index is 11.1. The molecule has 0 atom stereocenters. The van der Waals surface area contributed by atoms with Gasteiger partial charge in [0.05, 0.1) is 0 Å². The van der Waals surface area contributed by atoms with E-state index in [9.17, 15) is 9.59 Å². The molecule has 0 spiro atoms. The lowest BCUT2D eigenvalue weighted by Gasteiger charge is -2.27. The van der Waals surface area contributed by atoms with Crippen LogP contribution in [-0.4, -0.2) is 11.1 Å². The Kier molecular flexibility index (Phi) is 4.23. The summed E-state index contributed by atoms with van der Waals surface area (Å²) in [5.74, 6) is 0.110. The highest BCUT2D eigenvalue weighted by Crippen LogP contribution is 2.34. The van der Waals surface area contributed by atoms with Gasteiger partial charge in [-0.15, -0.1) is 0 Å². The van der Waals surface area contributed by atoms with Crippen LogP contribution in [0.25, 0.3) is 0 Å². The average molecular weight is 251 g/mol. The van der Waals surface area contributed by atoms with Gasteiger partial charge in [0, 0.05) is 17.6 Å². The first-order valence-corrected chi connectivity index (χ1v) is 5.71. The topological polar surface area (TPSA) is 43.4 Å². The number of hydrogen-bond donors (Lipinski definition) is 0. The van der Waals surface area contributed by atoms with Crippen molar-refractivity contribution >= 4 is 23.7 Å². The minimum Gasteiger partial charge on any atom is -0.742 e. The Morgan fingerprint density at radius 1 is 1.29 bits per heavy atom. The Morgan fingerprint density at radius 3 is 2.41 bits per heavy atom. The largest absolute Gasteiger partial charge is 0.742 e. The summed E-state index contributed by atoms with van der Waals surface area (Å²) in [5.41, 5.74) is 0.374. The van der Waals surface area contributed by atoms with Crippen LogP contribution < -0.4 is 4.74 Å². The lowest BCUT2D eigenvalue weighted by Crippen LogP contribution is -2.22. The van der Waals surface area contributed by atoms with Gasteiger partial charge in [0.25, 0.3) is 0 Å². The van der Waals surface area contributed by atoms with E-state index in [1.165, 1.54) is 6.92 Å². The van der Waals surface area contributed by atoms with Gasteiger partial charge in [-0.3, -0.25) is 4.79 Å². The van der Waals surface area contributed by atoms with Crippen molar-refractivity contribution in [2.75, 3.05) is 0 Å². The van der Waals surface area contributed by atoms with E-state index in [0.717, 1.165) is 5.56 Å². The third-order valence-electron chi connectivity index (χ3n) is 2.46. The maximum Gasteiger partial charge on any atom is 0.308 e. The van der Waals surface area contributed by atoms with Crippen LogP contribution in [0.4, 0.5) is 0 Å². The molecule has 0 N–H and O–H groups in total. The molecule has 0 saturated carbocycles. The Morgan fingerprint density at radius 2 is 1.88 bits per heavy atom. The molecule has 0 unspecified atom stereocenters. The van der Waals surface area contributed by atoms with Crippen LogP contribution in [0.5, 0.6) is 5.75 Å². The van der Waals surface area contributed by atoms with E-state index >= 15 is 0 Å². The Balaban J connectivity index is 3.11. The summed E-state index contributed by atoms with van der Waals surface area (Å²) in [6, 6.07) is 7.19. The van der Waals surface area contributed by atoms with Crippen molar-refractivity contribution in [2.24, 2.45) is 0 Å². The summed E-state index contributed by atoms with van der Waals surface area (Å²) in [4.78, 5) is 22.1. The molecule has 0 fully saturated rings. The molecule has 0 bridgehead atoms. The smallest absolute Gasteiger partial charge is 0.308 e. The average Bonchev–Trinajstić information content (AvgIpc) is 2.15. The minimum absolute atomic E-state index is 0.237. The van der Waals surface area contributed by atoms with Crippen LogP contribution >= 0.6 is 0 Å². The third kappa shape index (κ3) is 3.82. The molecule has 1 aromatic rings. The predicted octanol–water partition coefficient (Wildman–Crippen LogP) is 2.35. The van der Waals surface area contributed by atoms with E-state index in [1.54, 1.807) is 12.1 Å². The predicted molar refractivity (Wildman–Crippen MR) is 67.8 cm³/mol. The zero-order chi connectivity index (χ0) is 13.1. The summed E-state index contributed by atoms with van der Waals surface area (Å²) < 4.78 is 5.13. The molecule has 1 aromatic carbocycles. The summed E-state index contributed by atoms with van der Waals surface area (Å²) in [6.07, 6.45) is 0.237. The van der Waals surface area contributed by atoms with Crippen molar-refractivity contribution in [3.63, 3.8) is 0 Å². The number of hydrogen-bond acceptors (Lipinski definition) is 4. The van der Waals surface area contributed by atoms with Gasteiger partial charge in [-0.2, -0.15) is 0 Å². The highest BCUT2D eigenvalue weighted by atomic mass is 32.1. The van der Waals surface area contributed by atoms with Crippen molar-refractivity contribution in [1.82, 2.24) is 0 Å². The number of para-hydroxylation sites is 1. The molecule has 1 rings (SSSR count). The highest BCUT2D eigenvalue weighted by Gasteiger charge is 2.24. The standard InChI is InChI=1S/C13H16O3S/c1-9(14)16-11-7-5-4-6-10(11)13(2,3)8-12(15)17/h4-7H,8H2,1-3H3,(H,15,17)/p-1. The van der Waals surface area contributed by atoms with Gasteiger partial charge in [0.15, 0.2) is 0 Å². The van der Waals surface area contributed by atoms with Crippen LogP contribution in [-0.2, 0) is 27.6 Å². The SMILES string of the molecule is CC(=O)Oc1ccccc1C(C)(C)CC(=O)[S-]. The van der Waals surface area contributed by atoms with E-state index in [0.29, 0.717) is 5.75 Å². The molecule has 0 amide bonds. The molecule has 0 aromatic heterocycles. The fourth-order valence-corrected chi connectivity index (χ4v) is 2.09. The second-order valence-corrected chi connectivity index (χ2v) is 4.98. The fourth-order valence-electron chi connectivity index (χ4n) is 1.73. The van der Waals surface area contributed by atoms with Gasteiger partial charge in [-0.1, -0.05) is 32.0 Å². The van der Waals surface area contributed by atoms with Crippen molar-refractivity contribution in [3.05, 3.63) is 29.8 Å². The zero-order valence-electron chi connectivity index (χ0n) is 10.1. The van der Waals surface area contributed by atoms with Gasteiger partial charge >= 0.3 is 5.97 Å². The second kappa shape index (κ2) is 5.27. The first-order chi connectivity index (χ1) is 7.83. The molecule has 0 saturated heterocycles. The first-order valence-electron chi connectivity index (χ1n) is 5.31. The molecule has 0 aliphatic carbocycles. The number of esters is 1. The minimum atomic E-state index is -0.440. The van der Waals surface area contributed by atoms with Gasteiger partial charge in [0.1, 0.15) is 5.75 Å². The lowest BCUT2D eigenvalue weighted by molar-refractivity contribution is -0.131. The summed E-state index contributed by atoms with van der Waals surface area (Å²) in [5, 5.41) is -0.298. The van der Waals surface area contributed by atoms with Crippen LogP contribution in [0.1, 0.15) is 32.8 Å². The molecule has 3 nitrogen and oxygen atoms in total. The van der Waals surface area contributed by atoms with Gasteiger partial charge in [-0.05, 0) is 17.9 Å². The Bertz CT molecular complexity index is 438. The lowest BCUT2D eigenvalue weighted by atomic mass is 9.81. The number of carbonyl (C=O) groups excluding carboxylic acids is 2. The van der Waals surface area contributed by atoms with Gasteiger partial charge in [-0.25, -0.2) is 0 Å². The highest BCUT2D eigenvalue weighted by molar-refractivity contribution is 7.77. The van der Waals surface area contributed by atoms with Crippen molar-refractivity contribution in [1.29, 1.82) is 0 Å². The van der Waals surface area contributed by atoms with Crippen molar-refractivity contribution in [3.8, 4) is 5.75 Å². The molecule has 0 aliphatic rings. The van der Waals surface area contributed by atoms with E-state index in [2.05, 4.69) is 12.6 Å². The van der Waals surface area contributed by atoms with E-state index in [4.69, 9.17) is 4.74 Å². The quantitative estimate of drug-likeness (QED) is 0.468. The number of rotatable bonds is 4. The Hall–Kier alpha value is -1.42. The summed E-state index contributed by atoms with van der Waals surface area (Å²) >= 11 is 4.61. The van der Waals surface area contributed by atoms with Crippen molar-refractivity contribution in [2.45, 2.75) is 32.6 Å². The second-order valence-electron chi connectivity index (χ2n) is 4.52. The third-order valence-corrected chi connectivity index (χ3v) is 2.60. The van der Waals surface area contributed by atoms with E-state index < -0.39 is 5.41 Å². The number of ether oxygens (including phenoxy) is 1. The van der Waals surface area contributed by atoms with Crippen LogP contribution in [0.2, 0.25) is 0 Å². The molecule has 92 valence electrons. The molecule has 0 radical (unpaired) electrons. The number of benzene rings is 1. The van der Waals surface area contributed by atoms with Gasteiger partial charge in [0.2, 0.25) is 0 Å². The van der Waals surface area contributed by atoms with E-state index in [1.807, 2.05) is 26.0 Å². The van der Waals surface area contributed by atoms with Crippen molar-refractivity contribution < 1.29 is 14.3 Å². The fraction of sp³-hybridized carbons (Fsp3) is 0.385. The first kappa shape index (κ1) is 13.6. The van der Waals surface area contributed by atoms with Gasteiger partial charge < -0.3 is 22.2 Å². The van der Waals surface area contributed by atoms with Crippen LogP contribution in [0, 0.1) is 0 Å². The summed E-state index contributed by atoms with van der Waals surface area (Å²) in [7, 11) is 0. The zero-order valence-corrected chi connectivity index (χ0v) is 11.0. The van der Waals surface area contributed by atoms with Crippen LogP contribution in [0.3, 0.4) is 0 Å². The molecule has 0 heterocycles. The molecule has 17 heavy (non-hydrogen) atoms. The molecule has 4 heteroatoms. The van der Waals surface area contributed by atoms with E-state index in [-0.39, 0.29) is 17.5 Å². The Labute approximate surface area is 107 Å².